The Morgan fingerprint density at radius 1 is 1.08 bits per heavy atom. The second kappa shape index (κ2) is 8.65. The van der Waals surface area contributed by atoms with Crippen LogP contribution in [-0.4, -0.2) is 51.0 Å². The zero-order valence-electron chi connectivity index (χ0n) is 19.7. The molecule has 1 heterocycles. The summed E-state index contributed by atoms with van der Waals surface area (Å²) in [6.45, 7) is 3.33. The highest BCUT2D eigenvalue weighted by Gasteiger charge is 2.56. The molecule has 1 fully saturated rings. The number of phenols is 1. The molecule has 1 aromatic rings. The largest absolute Gasteiger partial charge is 0.507 e. The Kier molecular flexibility index (Phi) is 5.86. The van der Waals surface area contributed by atoms with Crippen molar-refractivity contribution in [3.8, 4) is 5.75 Å². The quantitative estimate of drug-likeness (QED) is 0.332. The number of aryl methyl sites for hydroxylation is 2. The van der Waals surface area contributed by atoms with Crippen molar-refractivity contribution in [2.24, 2.45) is 17.8 Å². The molecule has 0 saturated carbocycles. The first-order valence-electron chi connectivity index (χ1n) is 11.8. The predicted molar refractivity (Wildman–Crippen MR) is 131 cm³/mol. The molecule has 0 bridgehead atoms. The fourth-order valence-electron chi connectivity index (χ4n) is 6.24. The molecule has 9 heteroatoms. The second-order valence-corrected chi connectivity index (χ2v) is 10.7. The lowest BCUT2D eigenvalue weighted by Crippen LogP contribution is -2.39. The van der Waals surface area contributed by atoms with Crippen LogP contribution in [0.4, 0.5) is 0 Å². The van der Waals surface area contributed by atoms with Gasteiger partial charge in [0.15, 0.2) is 11.6 Å². The number of likely N-dealkylation sites (tertiary alicyclic amines) is 1. The van der Waals surface area contributed by atoms with Crippen molar-refractivity contribution < 1.29 is 34.2 Å². The van der Waals surface area contributed by atoms with Crippen molar-refractivity contribution in [2.45, 2.75) is 39.0 Å². The Morgan fingerprint density at radius 2 is 1.75 bits per heavy atom. The summed E-state index contributed by atoms with van der Waals surface area (Å²) in [5.41, 5.74) is 3.50. The molecule has 4 unspecified atom stereocenters. The molecule has 4 aliphatic rings. The number of aromatic hydroxyl groups is 1. The lowest BCUT2D eigenvalue weighted by atomic mass is 9.59. The number of carboxylic acids is 1. The van der Waals surface area contributed by atoms with Crippen LogP contribution >= 0.6 is 15.9 Å². The van der Waals surface area contributed by atoms with Crippen LogP contribution in [0, 0.1) is 31.6 Å². The fraction of sp³-hybridized carbons (Fsp3) is 0.370. The number of aliphatic carboxylic acids is 1. The number of amides is 2. The van der Waals surface area contributed by atoms with E-state index in [4.69, 9.17) is 5.11 Å². The zero-order chi connectivity index (χ0) is 26.0. The van der Waals surface area contributed by atoms with E-state index in [1.165, 1.54) is 6.08 Å². The molecule has 3 aliphatic carbocycles. The summed E-state index contributed by atoms with van der Waals surface area (Å²) in [4.78, 5) is 65.1. The van der Waals surface area contributed by atoms with Crippen LogP contribution < -0.4 is 0 Å². The number of phenolic OH excluding ortho intramolecular Hbond substituents is 1. The summed E-state index contributed by atoms with van der Waals surface area (Å²) in [6, 6.07) is 3.58. The molecule has 186 valence electrons. The maximum absolute atomic E-state index is 13.4. The SMILES string of the molecule is Cc1cc(C2C3=CCC4C(=O)N(CCC(=O)O)C(=O)C4C3CC3=C2C(=O)C=C(Br)C3=O)cc(C)c1O. The molecule has 1 aliphatic heterocycles. The number of fused-ring (bicyclic) bond motifs is 3. The molecule has 1 aromatic carbocycles. The minimum Gasteiger partial charge on any atom is -0.507 e. The molecule has 2 amide bonds. The Labute approximate surface area is 215 Å². The van der Waals surface area contributed by atoms with Crippen LogP contribution in [0.25, 0.3) is 0 Å². The number of carboxylic acid groups (broad SMARTS) is 1. The first kappa shape index (κ1) is 24.4. The maximum Gasteiger partial charge on any atom is 0.305 e. The highest BCUT2D eigenvalue weighted by molar-refractivity contribution is 9.12. The third-order valence-corrected chi connectivity index (χ3v) is 8.41. The summed E-state index contributed by atoms with van der Waals surface area (Å²) in [6.07, 6.45) is 3.29. The average molecular weight is 554 g/mol. The van der Waals surface area contributed by atoms with Gasteiger partial charge in [-0.3, -0.25) is 28.9 Å². The number of benzene rings is 1. The number of hydrogen-bond donors (Lipinski definition) is 2. The molecule has 8 nitrogen and oxygen atoms in total. The van der Waals surface area contributed by atoms with Crippen LogP contribution in [0.3, 0.4) is 0 Å². The number of allylic oxidation sites excluding steroid dienone is 6. The Hall–Kier alpha value is -3.33. The van der Waals surface area contributed by atoms with Crippen molar-refractivity contribution in [3.05, 3.63) is 62.2 Å². The minimum absolute atomic E-state index is 0.147. The standard InChI is InChI=1S/C27H24BrNO7/c1-11-7-13(8-12(2)24(11)33)21-14-3-4-15-22(27(36)29(26(15)35)6-5-20(31)32)16(14)9-17-23(21)19(30)10-18(28)25(17)34/h3,7-8,10,15-16,21-22,33H,4-6,9H2,1-2H3,(H,31,32). The van der Waals surface area contributed by atoms with E-state index < -0.39 is 35.5 Å². The predicted octanol–water partition coefficient (Wildman–Crippen LogP) is 3.25. The second-order valence-electron chi connectivity index (χ2n) is 9.87. The van der Waals surface area contributed by atoms with E-state index >= 15 is 0 Å². The van der Waals surface area contributed by atoms with E-state index in [0.717, 1.165) is 16.0 Å². The van der Waals surface area contributed by atoms with Crippen LogP contribution in [0.2, 0.25) is 0 Å². The number of ketones is 2. The molecule has 1 saturated heterocycles. The molecule has 5 rings (SSSR count). The van der Waals surface area contributed by atoms with Gasteiger partial charge in [-0.2, -0.15) is 0 Å². The zero-order valence-corrected chi connectivity index (χ0v) is 21.3. The van der Waals surface area contributed by atoms with E-state index in [1.54, 1.807) is 26.0 Å². The number of rotatable bonds is 4. The minimum atomic E-state index is -1.10. The number of carbonyl (C=O) groups is 5. The Bertz CT molecular complexity index is 1340. The highest BCUT2D eigenvalue weighted by Crippen LogP contribution is 2.55. The number of Topliss-reactive ketones (excluding diaryl/α,β-unsaturated/α-hetero) is 1. The number of nitrogens with zero attached hydrogens (tertiary/aromatic N) is 1. The van der Waals surface area contributed by atoms with Crippen molar-refractivity contribution in [2.75, 3.05) is 6.54 Å². The summed E-state index contributed by atoms with van der Waals surface area (Å²) in [5, 5.41) is 19.4. The number of halogens is 1. The first-order valence-corrected chi connectivity index (χ1v) is 12.6. The van der Waals surface area contributed by atoms with Gasteiger partial charge in [-0.05, 0) is 65.2 Å². The van der Waals surface area contributed by atoms with Crippen molar-refractivity contribution in [1.29, 1.82) is 0 Å². The van der Waals surface area contributed by atoms with Crippen molar-refractivity contribution in [3.63, 3.8) is 0 Å². The topological polar surface area (TPSA) is 129 Å². The third kappa shape index (κ3) is 3.59. The summed E-state index contributed by atoms with van der Waals surface area (Å²) in [5.74, 6) is -4.80. The van der Waals surface area contributed by atoms with Gasteiger partial charge in [-0.1, -0.05) is 23.8 Å². The van der Waals surface area contributed by atoms with Gasteiger partial charge >= 0.3 is 5.97 Å². The normalized spacial score (nSPS) is 27.5. The fourth-order valence-corrected chi connectivity index (χ4v) is 6.68. The van der Waals surface area contributed by atoms with E-state index in [1.807, 2.05) is 6.08 Å². The van der Waals surface area contributed by atoms with E-state index in [9.17, 15) is 29.1 Å². The molecule has 0 spiro atoms. The molecule has 2 N–H and O–H groups in total. The van der Waals surface area contributed by atoms with Crippen LogP contribution in [0.5, 0.6) is 5.75 Å². The summed E-state index contributed by atoms with van der Waals surface area (Å²) >= 11 is 3.20. The van der Waals surface area contributed by atoms with Gasteiger partial charge in [-0.25, -0.2) is 0 Å². The van der Waals surface area contributed by atoms with Gasteiger partial charge in [0.2, 0.25) is 11.8 Å². The van der Waals surface area contributed by atoms with Crippen LogP contribution in [0.15, 0.2) is 45.5 Å². The van der Waals surface area contributed by atoms with Crippen LogP contribution in [0.1, 0.15) is 41.9 Å². The van der Waals surface area contributed by atoms with E-state index in [-0.39, 0.29) is 47.1 Å². The molecule has 0 radical (unpaired) electrons. The summed E-state index contributed by atoms with van der Waals surface area (Å²) < 4.78 is 0.153. The van der Waals surface area contributed by atoms with Crippen LogP contribution in [-0.2, 0) is 24.0 Å². The molecular weight excluding hydrogens is 530 g/mol. The van der Waals surface area contributed by atoms with Gasteiger partial charge in [0.25, 0.3) is 0 Å². The summed E-state index contributed by atoms with van der Waals surface area (Å²) in [7, 11) is 0. The van der Waals surface area contributed by atoms with E-state index in [2.05, 4.69) is 15.9 Å². The number of hydrogen-bond acceptors (Lipinski definition) is 6. The van der Waals surface area contributed by atoms with Gasteiger partial charge < -0.3 is 10.2 Å². The monoisotopic (exact) mass is 553 g/mol. The maximum atomic E-state index is 13.4. The van der Waals surface area contributed by atoms with Gasteiger partial charge in [0.1, 0.15) is 5.75 Å². The number of carbonyl (C=O) groups excluding carboxylic acids is 4. The molecule has 36 heavy (non-hydrogen) atoms. The average Bonchev–Trinajstić information content (AvgIpc) is 3.07. The number of imide groups is 1. The lowest BCUT2D eigenvalue weighted by molar-refractivity contribution is -0.142. The first-order chi connectivity index (χ1) is 17.0. The van der Waals surface area contributed by atoms with E-state index in [0.29, 0.717) is 28.7 Å². The molecular formula is C27H24BrNO7. The molecule has 4 atom stereocenters. The molecule has 0 aromatic heterocycles. The van der Waals surface area contributed by atoms with Crippen molar-refractivity contribution >= 4 is 45.3 Å². The Balaban J connectivity index is 1.65. The van der Waals surface area contributed by atoms with Crippen molar-refractivity contribution in [1.82, 2.24) is 4.90 Å². The van der Waals surface area contributed by atoms with Gasteiger partial charge in [-0.15, -0.1) is 0 Å². The smallest absolute Gasteiger partial charge is 0.305 e. The lowest BCUT2D eigenvalue weighted by Gasteiger charge is -2.42. The van der Waals surface area contributed by atoms with Gasteiger partial charge in [0, 0.05) is 29.7 Å². The third-order valence-electron chi connectivity index (χ3n) is 7.82. The highest BCUT2D eigenvalue weighted by atomic mass is 79.9. The Morgan fingerprint density at radius 3 is 2.39 bits per heavy atom. The van der Waals surface area contributed by atoms with Gasteiger partial charge in [0.05, 0.1) is 22.7 Å².